The van der Waals surface area contributed by atoms with Crippen LogP contribution in [-0.2, 0) is 4.79 Å². The lowest BCUT2D eigenvalue weighted by atomic mass is 9.90. The normalized spacial score (nSPS) is 21.7. The zero-order chi connectivity index (χ0) is 14.2. The molecule has 1 unspecified atom stereocenters. The highest BCUT2D eigenvalue weighted by Crippen LogP contribution is 2.40. The molecule has 2 heterocycles. The summed E-state index contributed by atoms with van der Waals surface area (Å²) in [5.74, 6) is -0.491. The van der Waals surface area contributed by atoms with Crippen molar-refractivity contribution in [3.8, 4) is 0 Å². The van der Waals surface area contributed by atoms with Gasteiger partial charge >= 0.3 is 0 Å². The van der Waals surface area contributed by atoms with Crippen LogP contribution in [0.15, 0.2) is 10.8 Å². The largest absolute Gasteiger partial charge is 0.370 e. The number of carbonyl (C=O) groups is 1. The van der Waals surface area contributed by atoms with Gasteiger partial charge in [-0.15, -0.1) is 0 Å². The summed E-state index contributed by atoms with van der Waals surface area (Å²) in [7, 11) is 0. The van der Waals surface area contributed by atoms with Crippen molar-refractivity contribution in [1.29, 1.82) is 0 Å². The summed E-state index contributed by atoms with van der Waals surface area (Å²) in [6.07, 6.45) is 2.23. The van der Waals surface area contributed by atoms with E-state index >= 15 is 0 Å². The van der Waals surface area contributed by atoms with Crippen LogP contribution in [-0.4, -0.2) is 28.5 Å². The van der Waals surface area contributed by atoms with Gasteiger partial charge in [-0.05, 0) is 27.8 Å². The Hall–Kier alpha value is -1.24. The number of nitrogens with two attached hydrogens (primary N) is 1. The van der Waals surface area contributed by atoms with Gasteiger partial charge < -0.3 is 10.6 Å². The van der Waals surface area contributed by atoms with Gasteiger partial charge in [0.1, 0.15) is 16.6 Å². The van der Waals surface area contributed by atoms with Gasteiger partial charge in [0, 0.05) is 19.0 Å². The number of hydrogen-bond acceptors (Lipinski definition) is 4. The Kier molecular flexibility index (Phi) is 3.75. The van der Waals surface area contributed by atoms with Crippen LogP contribution in [0.1, 0.15) is 26.7 Å². The van der Waals surface area contributed by atoms with Crippen LogP contribution >= 0.6 is 15.9 Å². The minimum absolute atomic E-state index is 0.0288. The zero-order valence-corrected chi connectivity index (χ0v) is 12.4. The third kappa shape index (κ3) is 3.02. The Bertz CT molecular complexity index is 509. The zero-order valence-electron chi connectivity index (χ0n) is 10.9. The molecule has 1 fully saturated rings. The Morgan fingerprint density at radius 1 is 1.63 bits per heavy atom. The van der Waals surface area contributed by atoms with Crippen LogP contribution in [0.2, 0.25) is 0 Å². The van der Waals surface area contributed by atoms with E-state index in [1.54, 1.807) is 0 Å². The first-order valence-electron chi connectivity index (χ1n) is 6.01. The van der Waals surface area contributed by atoms with E-state index in [1.807, 2.05) is 4.90 Å². The number of nitrogens with zero attached hydrogens (tertiary/aromatic N) is 3. The molecule has 0 radical (unpaired) electrons. The molecule has 5 nitrogen and oxygen atoms in total. The molecule has 1 amide bonds. The number of primary amides is 1. The summed E-state index contributed by atoms with van der Waals surface area (Å²) < 4.78 is 13.7. The fraction of sp³-hybridized carbons (Fsp3) is 0.583. The molecule has 19 heavy (non-hydrogen) atoms. The maximum atomic E-state index is 13.5. The van der Waals surface area contributed by atoms with E-state index in [2.05, 4.69) is 39.7 Å². The van der Waals surface area contributed by atoms with Gasteiger partial charge in [0.05, 0.1) is 0 Å². The molecular formula is C12H16BrFN4O. The van der Waals surface area contributed by atoms with Gasteiger partial charge in [-0.2, -0.15) is 4.39 Å². The van der Waals surface area contributed by atoms with E-state index in [0.29, 0.717) is 12.4 Å². The molecule has 104 valence electrons. The van der Waals surface area contributed by atoms with Gasteiger partial charge in [-0.3, -0.25) is 4.79 Å². The van der Waals surface area contributed by atoms with Crippen LogP contribution in [0.25, 0.3) is 0 Å². The van der Waals surface area contributed by atoms with Crippen molar-refractivity contribution in [2.24, 2.45) is 11.1 Å². The Morgan fingerprint density at radius 3 is 2.95 bits per heavy atom. The summed E-state index contributed by atoms with van der Waals surface area (Å²) >= 11 is 3.16. The highest BCUT2D eigenvalue weighted by molar-refractivity contribution is 9.10. The number of amides is 1. The molecule has 1 aliphatic rings. The Morgan fingerprint density at radius 2 is 2.32 bits per heavy atom. The quantitative estimate of drug-likeness (QED) is 0.858. The molecule has 7 heteroatoms. The summed E-state index contributed by atoms with van der Waals surface area (Å²) in [4.78, 5) is 20.7. The van der Waals surface area contributed by atoms with E-state index in [1.165, 1.54) is 6.33 Å². The van der Waals surface area contributed by atoms with E-state index in [9.17, 15) is 9.18 Å². The first-order chi connectivity index (χ1) is 8.80. The summed E-state index contributed by atoms with van der Waals surface area (Å²) in [6, 6.07) is -0.0573. The molecular weight excluding hydrogens is 315 g/mol. The average Bonchev–Trinajstić information content (AvgIpc) is 2.56. The molecule has 1 aromatic rings. The monoisotopic (exact) mass is 330 g/mol. The van der Waals surface area contributed by atoms with Gasteiger partial charge in [0.25, 0.3) is 0 Å². The van der Waals surface area contributed by atoms with Gasteiger partial charge in [0.2, 0.25) is 11.9 Å². The number of anilines is 1. The lowest BCUT2D eigenvalue weighted by Gasteiger charge is -2.25. The van der Waals surface area contributed by atoms with Gasteiger partial charge in [-0.25, -0.2) is 9.97 Å². The minimum atomic E-state index is -0.604. The summed E-state index contributed by atoms with van der Waals surface area (Å²) in [5, 5.41) is 0. The average molecular weight is 331 g/mol. The number of hydrogen-bond donors (Lipinski definition) is 1. The van der Waals surface area contributed by atoms with E-state index in [4.69, 9.17) is 5.73 Å². The van der Waals surface area contributed by atoms with Crippen molar-refractivity contribution in [3.05, 3.63) is 16.7 Å². The predicted molar refractivity (Wildman–Crippen MR) is 73.0 cm³/mol. The number of rotatable bonds is 3. The summed E-state index contributed by atoms with van der Waals surface area (Å²) in [5.41, 5.74) is 5.31. The van der Waals surface area contributed by atoms with Crippen LogP contribution in [0.4, 0.5) is 10.2 Å². The molecule has 0 aromatic carbocycles. The number of aromatic nitrogens is 2. The van der Waals surface area contributed by atoms with Crippen molar-refractivity contribution in [2.75, 3.05) is 11.4 Å². The molecule has 2 N–H and O–H groups in total. The fourth-order valence-corrected chi connectivity index (χ4v) is 3.04. The minimum Gasteiger partial charge on any atom is -0.370 e. The summed E-state index contributed by atoms with van der Waals surface area (Å²) in [6.45, 7) is 4.90. The molecule has 1 aromatic heterocycles. The first-order valence-corrected chi connectivity index (χ1v) is 6.80. The van der Waals surface area contributed by atoms with E-state index < -0.39 is 5.95 Å². The van der Waals surface area contributed by atoms with Crippen LogP contribution < -0.4 is 10.6 Å². The third-order valence-electron chi connectivity index (χ3n) is 3.26. The second-order valence-electron chi connectivity index (χ2n) is 5.62. The van der Waals surface area contributed by atoms with Gasteiger partial charge in [0.15, 0.2) is 0 Å². The second-order valence-corrected chi connectivity index (χ2v) is 6.42. The van der Waals surface area contributed by atoms with Crippen molar-refractivity contribution in [3.63, 3.8) is 0 Å². The smallest absolute Gasteiger partial charge is 0.232 e. The fourth-order valence-electron chi connectivity index (χ4n) is 2.61. The van der Waals surface area contributed by atoms with Crippen LogP contribution in [0, 0.1) is 11.4 Å². The van der Waals surface area contributed by atoms with Gasteiger partial charge in [-0.1, -0.05) is 13.8 Å². The SMILES string of the molecule is CC1(C)CC(CC(N)=O)N(c2ncnc(F)c2Br)C1. The van der Waals surface area contributed by atoms with E-state index in [-0.39, 0.29) is 28.3 Å². The lowest BCUT2D eigenvalue weighted by molar-refractivity contribution is -0.118. The predicted octanol–water partition coefficient (Wildman–Crippen LogP) is 1.86. The molecule has 1 aliphatic heterocycles. The molecule has 0 saturated carbocycles. The second kappa shape index (κ2) is 5.03. The lowest BCUT2D eigenvalue weighted by Crippen LogP contribution is -2.34. The Balaban J connectivity index is 2.35. The molecule has 0 aliphatic carbocycles. The third-order valence-corrected chi connectivity index (χ3v) is 3.95. The van der Waals surface area contributed by atoms with Crippen LogP contribution in [0.5, 0.6) is 0 Å². The van der Waals surface area contributed by atoms with Crippen molar-refractivity contribution >= 4 is 27.7 Å². The highest BCUT2D eigenvalue weighted by Gasteiger charge is 2.39. The maximum absolute atomic E-state index is 13.5. The topological polar surface area (TPSA) is 72.1 Å². The molecule has 2 rings (SSSR count). The standard InChI is InChI=1S/C12H16BrFN4O/c1-12(2)4-7(3-8(15)19)18(5-12)11-9(13)10(14)16-6-17-11/h6-7H,3-5H2,1-2H3,(H2,15,19). The van der Waals surface area contributed by atoms with Crippen molar-refractivity contribution < 1.29 is 9.18 Å². The molecule has 0 bridgehead atoms. The number of halogens is 2. The van der Waals surface area contributed by atoms with Crippen molar-refractivity contribution in [2.45, 2.75) is 32.7 Å². The highest BCUT2D eigenvalue weighted by atomic mass is 79.9. The van der Waals surface area contributed by atoms with E-state index in [0.717, 1.165) is 6.42 Å². The van der Waals surface area contributed by atoms with Crippen molar-refractivity contribution in [1.82, 2.24) is 9.97 Å². The molecule has 0 spiro atoms. The maximum Gasteiger partial charge on any atom is 0.232 e. The number of carbonyl (C=O) groups excluding carboxylic acids is 1. The Labute approximate surface area is 119 Å². The molecule has 1 saturated heterocycles. The first kappa shape index (κ1) is 14.2. The molecule has 1 atom stereocenters. The van der Waals surface area contributed by atoms with Crippen LogP contribution in [0.3, 0.4) is 0 Å².